The fourth-order valence-corrected chi connectivity index (χ4v) is 2.62. The van der Waals surface area contributed by atoms with Gasteiger partial charge in [-0.2, -0.15) is 0 Å². The first-order valence-electron chi connectivity index (χ1n) is 6.99. The molecule has 2 aliphatic heterocycles. The minimum atomic E-state index is -0.0543. The summed E-state index contributed by atoms with van der Waals surface area (Å²) in [5.41, 5.74) is 2.91. The summed E-state index contributed by atoms with van der Waals surface area (Å²) in [5, 5.41) is 2.97. The molecule has 1 aromatic carbocycles. The van der Waals surface area contributed by atoms with Crippen molar-refractivity contribution < 1.29 is 9.59 Å². The molecule has 1 aromatic rings. The van der Waals surface area contributed by atoms with E-state index in [-0.39, 0.29) is 5.91 Å². The second kappa shape index (κ2) is 5.79. The van der Waals surface area contributed by atoms with Crippen LogP contribution in [0.3, 0.4) is 0 Å². The molecule has 0 atom stereocenters. The molecule has 2 heterocycles. The number of nitrogens with zero attached hydrogens (tertiary/aromatic N) is 1. The van der Waals surface area contributed by atoms with Crippen molar-refractivity contribution in [1.82, 2.24) is 5.32 Å². The van der Waals surface area contributed by atoms with Gasteiger partial charge >= 0.3 is 0 Å². The van der Waals surface area contributed by atoms with Crippen LogP contribution in [-0.2, 0) is 9.59 Å². The predicted molar refractivity (Wildman–Crippen MR) is 81.5 cm³/mol. The molecule has 0 unspecified atom stereocenters. The van der Waals surface area contributed by atoms with E-state index in [2.05, 4.69) is 5.32 Å². The maximum Gasteiger partial charge on any atom is 0.258 e. The van der Waals surface area contributed by atoms with Crippen molar-refractivity contribution >= 4 is 17.9 Å². The van der Waals surface area contributed by atoms with Crippen molar-refractivity contribution in [1.29, 1.82) is 0 Å². The van der Waals surface area contributed by atoms with Crippen molar-refractivity contribution in [2.45, 2.75) is 12.8 Å². The van der Waals surface area contributed by atoms with Gasteiger partial charge in [0.05, 0.1) is 0 Å². The van der Waals surface area contributed by atoms with E-state index in [0.29, 0.717) is 17.7 Å². The normalized spacial score (nSPS) is 18.4. The van der Waals surface area contributed by atoms with E-state index in [1.54, 1.807) is 17.2 Å². The summed E-state index contributed by atoms with van der Waals surface area (Å²) < 4.78 is 0. The third-order valence-corrected chi connectivity index (χ3v) is 3.67. The summed E-state index contributed by atoms with van der Waals surface area (Å²) >= 11 is 0. The van der Waals surface area contributed by atoms with E-state index in [0.717, 1.165) is 30.4 Å². The zero-order chi connectivity index (χ0) is 14.7. The molecule has 1 amide bonds. The molecule has 4 heteroatoms. The lowest BCUT2D eigenvalue weighted by Crippen LogP contribution is -2.31. The van der Waals surface area contributed by atoms with Gasteiger partial charge in [-0.25, -0.2) is 0 Å². The maximum atomic E-state index is 12.8. The highest BCUT2D eigenvalue weighted by atomic mass is 16.2. The first-order chi connectivity index (χ1) is 10.3. The van der Waals surface area contributed by atoms with Crippen LogP contribution in [0.1, 0.15) is 12.8 Å². The number of anilines is 1. The van der Waals surface area contributed by atoms with Crippen LogP contribution in [0.4, 0.5) is 5.69 Å². The fraction of sp³-hybridized carbons (Fsp3) is 0.176. The average molecular weight is 280 g/mol. The second-order valence-corrected chi connectivity index (χ2v) is 5.05. The van der Waals surface area contributed by atoms with Crippen molar-refractivity contribution in [3.63, 3.8) is 0 Å². The minimum Gasteiger partial charge on any atom is -0.367 e. The number of carbonyl (C=O) groups excluding carboxylic acids is 2. The Morgan fingerprint density at radius 1 is 1.14 bits per heavy atom. The van der Waals surface area contributed by atoms with Gasteiger partial charge in [-0.3, -0.25) is 9.59 Å². The minimum absolute atomic E-state index is 0.0543. The molecule has 0 spiro atoms. The number of para-hydroxylation sites is 1. The lowest BCUT2D eigenvalue weighted by molar-refractivity contribution is -0.114. The molecule has 1 N–H and O–H groups in total. The summed E-state index contributed by atoms with van der Waals surface area (Å²) in [6.45, 7) is 0.678. The summed E-state index contributed by atoms with van der Waals surface area (Å²) in [4.78, 5) is 25.6. The SMILES string of the molecule is O=CC1=CNC=C2CCCN(c3ccccc3)C(=O)C2=C1. The largest absolute Gasteiger partial charge is 0.367 e. The summed E-state index contributed by atoms with van der Waals surface area (Å²) in [6, 6.07) is 9.63. The first kappa shape index (κ1) is 13.4. The number of fused-ring (bicyclic) bond motifs is 1. The molecule has 1 saturated heterocycles. The highest BCUT2D eigenvalue weighted by Crippen LogP contribution is 2.28. The van der Waals surface area contributed by atoms with E-state index in [1.165, 1.54) is 0 Å². The number of amides is 1. The van der Waals surface area contributed by atoms with Crippen LogP contribution < -0.4 is 10.2 Å². The van der Waals surface area contributed by atoms with Gasteiger partial charge in [0.25, 0.3) is 5.91 Å². The average Bonchev–Trinajstić information content (AvgIpc) is 2.81. The topological polar surface area (TPSA) is 49.4 Å². The van der Waals surface area contributed by atoms with Crippen LogP contribution in [-0.4, -0.2) is 18.7 Å². The van der Waals surface area contributed by atoms with Gasteiger partial charge in [0.1, 0.15) is 0 Å². The van der Waals surface area contributed by atoms with Crippen molar-refractivity contribution in [2.75, 3.05) is 11.4 Å². The highest BCUT2D eigenvalue weighted by molar-refractivity contribution is 6.10. The van der Waals surface area contributed by atoms with Gasteiger partial charge in [0, 0.05) is 35.8 Å². The smallest absolute Gasteiger partial charge is 0.258 e. The third kappa shape index (κ3) is 2.65. The van der Waals surface area contributed by atoms with Crippen LogP contribution in [0.5, 0.6) is 0 Å². The molecule has 0 radical (unpaired) electrons. The van der Waals surface area contributed by atoms with Crippen LogP contribution in [0.2, 0.25) is 0 Å². The first-order valence-corrected chi connectivity index (χ1v) is 6.99. The van der Waals surface area contributed by atoms with Crippen LogP contribution >= 0.6 is 0 Å². The monoisotopic (exact) mass is 280 g/mol. The van der Waals surface area contributed by atoms with E-state index < -0.39 is 0 Å². The van der Waals surface area contributed by atoms with E-state index >= 15 is 0 Å². The van der Waals surface area contributed by atoms with Crippen molar-refractivity contribution in [3.05, 3.63) is 65.5 Å². The Kier molecular flexibility index (Phi) is 3.69. The lowest BCUT2D eigenvalue weighted by Gasteiger charge is -2.21. The van der Waals surface area contributed by atoms with Crippen molar-refractivity contribution in [3.8, 4) is 0 Å². The Morgan fingerprint density at radius 3 is 2.71 bits per heavy atom. The van der Waals surface area contributed by atoms with Gasteiger partial charge < -0.3 is 10.2 Å². The summed E-state index contributed by atoms with van der Waals surface area (Å²) in [6.07, 6.45) is 7.55. The predicted octanol–water partition coefficient (Wildman–Crippen LogP) is 2.31. The van der Waals surface area contributed by atoms with Gasteiger partial charge in [0.2, 0.25) is 0 Å². The molecular weight excluding hydrogens is 264 g/mol. The van der Waals surface area contributed by atoms with E-state index in [4.69, 9.17) is 0 Å². The number of aldehydes is 1. The highest BCUT2D eigenvalue weighted by Gasteiger charge is 2.26. The lowest BCUT2D eigenvalue weighted by atomic mass is 10.0. The Morgan fingerprint density at radius 2 is 1.95 bits per heavy atom. The number of allylic oxidation sites excluding steroid dienone is 2. The molecule has 4 nitrogen and oxygen atoms in total. The zero-order valence-electron chi connectivity index (χ0n) is 11.6. The zero-order valence-corrected chi connectivity index (χ0v) is 11.6. The Bertz CT molecular complexity index is 657. The molecule has 0 aromatic heterocycles. The summed E-state index contributed by atoms with van der Waals surface area (Å²) in [7, 11) is 0. The number of carbonyl (C=O) groups is 2. The van der Waals surface area contributed by atoms with Crippen LogP contribution in [0.25, 0.3) is 0 Å². The number of benzene rings is 1. The Labute approximate surface area is 123 Å². The van der Waals surface area contributed by atoms with Gasteiger partial charge in [0.15, 0.2) is 6.29 Å². The molecule has 21 heavy (non-hydrogen) atoms. The second-order valence-electron chi connectivity index (χ2n) is 5.05. The van der Waals surface area contributed by atoms with Gasteiger partial charge in [-0.1, -0.05) is 18.2 Å². The molecule has 0 bridgehead atoms. The number of nitrogens with one attached hydrogen (secondary N) is 1. The van der Waals surface area contributed by atoms with Gasteiger partial charge in [-0.05, 0) is 36.6 Å². The fourth-order valence-electron chi connectivity index (χ4n) is 2.62. The molecule has 3 rings (SSSR count). The summed E-state index contributed by atoms with van der Waals surface area (Å²) in [5.74, 6) is -0.0543. The Balaban J connectivity index is 2.02. The quantitative estimate of drug-likeness (QED) is 0.846. The maximum absolute atomic E-state index is 12.8. The number of rotatable bonds is 2. The molecular formula is C17H16N2O2. The molecule has 0 aliphatic carbocycles. The van der Waals surface area contributed by atoms with Crippen molar-refractivity contribution in [2.24, 2.45) is 0 Å². The molecule has 2 aliphatic rings. The van der Waals surface area contributed by atoms with Crippen LogP contribution in [0.15, 0.2) is 65.5 Å². The number of hydrogen-bond donors (Lipinski definition) is 1. The third-order valence-electron chi connectivity index (χ3n) is 3.67. The standard InChI is InChI=1S/C17H16N2O2/c20-12-13-9-16-14(11-18-10-13)5-4-8-19(17(16)21)15-6-2-1-3-7-15/h1-3,6-7,9-12,18H,4-5,8H2. The van der Waals surface area contributed by atoms with E-state index in [1.807, 2.05) is 36.5 Å². The Hall–Kier alpha value is -2.62. The molecule has 0 saturated carbocycles. The number of hydrogen-bond acceptors (Lipinski definition) is 3. The van der Waals surface area contributed by atoms with Gasteiger partial charge in [-0.15, -0.1) is 0 Å². The molecule has 106 valence electrons. The molecule has 1 fully saturated rings. The van der Waals surface area contributed by atoms with Crippen LogP contribution in [0, 0.1) is 0 Å². The van der Waals surface area contributed by atoms with E-state index in [9.17, 15) is 9.59 Å².